The Balaban J connectivity index is 2.12. The molecule has 1 aromatic rings. The molecule has 0 saturated heterocycles. The third-order valence-electron chi connectivity index (χ3n) is 3.07. The first-order chi connectivity index (χ1) is 8.00. The summed E-state index contributed by atoms with van der Waals surface area (Å²) in [5.41, 5.74) is 0. The number of carbonyl (C=O) groups excluding carboxylic acids is 1. The highest BCUT2D eigenvalue weighted by Gasteiger charge is 2.35. The fourth-order valence-electron chi connectivity index (χ4n) is 2.12. The molecule has 1 aliphatic rings. The molecule has 2 atom stereocenters. The number of rotatable bonds is 3. The molecule has 0 amide bonds. The molecule has 1 heterocycles. The average Bonchev–Trinajstić information content (AvgIpc) is 2.87. The van der Waals surface area contributed by atoms with E-state index in [-0.39, 0.29) is 17.6 Å². The lowest BCUT2D eigenvalue weighted by Gasteiger charge is -2.07. The Bertz CT molecular complexity index is 469. The maximum absolute atomic E-state index is 12.2. The van der Waals surface area contributed by atoms with Crippen molar-refractivity contribution in [1.29, 1.82) is 0 Å². The van der Waals surface area contributed by atoms with E-state index in [2.05, 4.69) is 31.9 Å². The Hall–Kier alpha value is -0.200. The normalized spacial score (nSPS) is 23.9. The molecule has 1 N–H and O–H groups in total. The molecule has 2 rings (SSSR count). The first kappa shape index (κ1) is 13.2. The van der Waals surface area contributed by atoms with Crippen LogP contribution in [-0.2, 0) is 4.79 Å². The Morgan fingerprint density at radius 3 is 2.41 bits per heavy atom. The summed E-state index contributed by atoms with van der Waals surface area (Å²) in [6.45, 7) is 0. The van der Waals surface area contributed by atoms with E-state index in [1.807, 2.05) is 5.38 Å². The summed E-state index contributed by atoms with van der Waals surface area (Å²) < 4.78 is 1.66. The average molecular weight is 382 g/mol. The molecule has 0 radical (unpaired) electrons. The van der Waals surface area contributed by atoms with Crippen molar-refractivity contribution >= 4 is 54.9 Å². The van der Waals surface area contributed by atoms with Gasteiger partial charge in [-0.15, -0.1) is 11.3 Å². The van der Waals surface area contributed by atoms with Crippen molar-refractivity contribution in [2.45, 2.75) is 19.3 Å². The van der Waals surface area contributed by atoms with Crippen LogP contribution in [0.25, 0.3) is 0 Å². The van der Waals surface area contributed by atoms with Gasteiger partial charge in [-0.3, -0.25) is 9.59 Å². The van der Waals surface area contributed by atoms with Gasteiger partial charge in [0, 0.05) is 15.8 Å². The van der Waals surface area contributed by atoms with Crippen molar-refractivity contribution in [2.75, 3.05) is 0 Å². The van der Waals surface area contributed by atoms with Gasteiger partial charge in [0.2, 0.25) is 0 Å². The molecule has 2 unspecified atom stereocenters. The second-order valence-electron chi connectivity index (χ2n) is 4.14. The van der Waals surface area contributed by atoms with Gasteiger partial charge >= 0.3 is 5.97 Å². The molecule has 0 spiro atoms. The molecule has 1 aliphatic carbocycles. The van der Waals surface area contributed by atoms with Gasteiger partial charge in [-0.1, -0.05) is 0 Å². The molecule has 17 heavy (non-hydrogen) atoms. The van der Waals surface area contributed by atoms with Crippen molar-refractivity contribution in [3.05, 3.63) is 19.2 Å². The van der Waals surface area contributed by atoms with E-state index in [0.717, 1.165) is 8.95 Å². The topological polar surface area (TPSA) is 54.4 Å². The molecule has 1 fully saturated rings. The van der Waals surface area contributed by atoms with Gasteiger partial charge in [0.05, 0.1) is 15.3 Å². The van der Waals surface area contributed by atoms with Gasteiger partial charge in [0.15, 0.2) is 5.78 Å². The summed E-state index contributed by atoms with van der Waals surface area (Å²) in [6, 6.07) is 0. The van der Waals surface area contributed by atoms with Gasteiger partial charge in [-0.05, 0) is 51.1 Å². The van der Waals surface area contributed by atoms with Crippen LogP contribution in [0.5, 0.6) is 0 Å². The zero-order valence-electron chi connectivity index (χ0n) is 8.78. The number of hydrogen-bond acceptors (Lipinski definition) is 3. The largest absolute Gasteiger partial charge is 0.481 e. The molecule has 1 saturated carbocycles. The standard InChI is InChI=1S/C11H10Br2O3S/c12-7-4-17-10(8(7)13)9(14)5-1-2-6(3-5)11(15)16/h4-6H,1-3H2,(H,15,16). The minimum atomic E-state index is -0.785. The molecule has 0 bridgehead atoms. The number of carboxylic acids is 1. The van der Waals surface area contributed by atoms with E-state index in [1.54, 1.807) is 0 Å². The fourth-order valence-corrected chi connectivity index (χ4v) is 4.31. The van der Waals surface area contributed by atoms with E-state index in [4.69, 9.17) is 5.11 Å². The quantitative estimate of drug-likeness (QED) is 0.806. The molecule has 0 aromatic carbocycles. The molecule has 0 aliphatic heterocycles. The van der Waals surface area contributed by atoms with Gasteiger partial charge in [0.1, 0.15) is 0 Å². The third-order valence-corrected chi connectivity index (χ3v) is 6.61. The monoisotopic (exact) mass is 380 g/mol. The molecule has 92 valence electrons. The summed E-state index contributed by atoms with van der Waals surface area (Å²) in [7, 11) is 0. The van der Waals surface area contributed by atoms with Crippen LogP contribution in [-0.4, -0.2) is 16.9 Å². The second-order valence-corrected chi connectivity index (χ2v) is 6.66. The number of Topliss-reactive ketones (excluding diaryl/α,β-unsaturated/α-hetero) is 1. The minimum Gasteiger partial charge on any atom is -0.481 e. The van der Waals surface area contributed by atoms with Crippen molar-refractivity contribution in [3.8, 4) is 0 Å². The number of carboxylic acid groups (broad SMARTS) is 1. The summed E-state index contributed by atoms with van der Waals surface area (Å²) in [4.78, 5) is 23.8. The maximum atomic E-state index is 12.2. The lowest BCUT2D eigenvalue weighted by atomic mass is 9.99. The van der Waals surface area contributed by atoms with E-state index in [1.165, 1.54) is 11.3 Å². The highest BCUT2D eigenvalue weighted by Crippen LogP contribution is 2.39. The number of aliphatic carboxylic acids is 1. The first-order valence-electron chi connectivity index (χ1n) is 5.20. The highest BCUT2D eigenvalue weighted by molar-refractivity contribution is 9.13. The van der Waals surface area contributed by atoms with Crippen molar-refractivity contribution in [1.82, 2.24) is 0 Å². The first-order valence-corrected chi connectivity index (χ1v) is 7.66. The zero-order valence-corrected chi connectivity index (χ0v) is 12.8. The molecular formula is C11H10Br2O3S. The summed E-state index contributed by atoms with van der Waals surface area (Å²) in [5, 5.41) is 10.8. The van der Waals surface area contributed by atoms with Gasteiger partial charge in [-0.2, -0.15) is 0 Å². The molecule has 6 heteroatoms. The van der Waals surface area contributed by atoms with Crippen LogP contribution in [0.15, 0.2) is 14.3 Å². The number of hydrogen-bond donors (Lipinski definition) is 1. The smallest absolute Gasteiger partial charge is 0.306 e. The number of ketones is 1. The predicted molar refractivity (Wildman–Crippen MR) is 72.5 cm³/mol. The van der Waals surface area contributed by atoms with Gasteiger partial charge < -0.3 is 5.11 Å². The Morgan fingerprint density at radius 2 is 1.94 bits per heavy atom. The molecule has 3 nitrogen and oxygen atoms in total. The zero-order chi connectivity index (χ0) is 12.6. The van der Waals surface area contributed by atoms with E-state index in [0.29, 0.717) is 24.1 Å². The van der Waals surface area contributed by atoms with Crippen LogP contribution < -0.4 is 0 Å². The Morgan fingerprint density at radius 1 is 1.29 bits per heavy atom. The van der Waals surface area contributed by atoms with E-state index >= 15 is 0 Å². The van der Waals surface area contributed by atoms with Crippen molar-refractivity contribution in [2.24, 2.45) is 11.8 Å². The van der Waals surface area contributed by atoms with Crippen LogP contribution in [0.4, 0.5) is 0 Å². The highest BCUT2D eigenvalue weighted by atomic mass is 79.9. The third kappa shape index (κ3) is 2.63. The lowest BCUT2D eigenvalue weighted by molar-refractivity contribution is -0.141. The van der Waals surface area contributed by atoms with Crippen LogP contribution in [0.2, 0.25) is 0 Å². The van der Waals surface area contributed by atoms with Crippen LogP contribution >= 0.6 is 43.2 Å². The van der Waals surface area contributed by atoms with E-state index < -0.39 is 5.97 Å². The van der Waals surface area contributed by atoms with Crippen LogP contribution in [0.1, 0.15) is 28.9 Å². The summed E-state index contributed by atoms with van der Waals surface area (Å²) in [6.07, 6.45) is 1.75. The van der Waals surface area contributed by atoms with Crippen LogP contribution in [0, 0.1) is 11.8 Å². The number of carbonyl (C=O) groups is 2. The number of thiophene rings is 1. The fraction of sp³-hybridized carbons (Fsp3) is 0.455. The molecular weight excluding hydrogens is 372 g/mol. The Labute approximate surface area is 119 Å². The second kappa shape index (κ2) is 5.20. The maximum Gasteiger partial charge on any atom is 0.306 e. The summed E-state index contributed by atoms with van der Waals surface area (Å²) in [5.74, 6) is -1.22. The molecule has 1 aromatic heterocycles. The lowest BCUT2D eigenvalue weighted by Crippen LogP contribution is -2.14. The summed E-state index contributed by atoms with van der Waals surface area (Å²) >= 11 is 8.10. The van der Waals surface area contributed by atoms with Crippen molar-refractivity contribution < 1.29 is 14.7 Å². The van der Waals surface area contributed by atoms with Crippen molar-refractivity contribution in [3.63, 3.8) is 0 Å². The predicted octanol–water partition coefficient (Wildman–Crippen LogP) is 3.96. The SMILES string of the molecule is O=C(O)C1CCC(C(=O)c2scc(Br)c2Br)C1. The van der Waals surface area contributed by atoms with E-state index in [9.17, 15) is 9.59 Å². The Kier molecular flexibility index (Phi) is 4.05. The number of halogens is 2. The van der Waals surface area contributed by atoms with Gasteiger partial charge in [0.25, 0.3) is 0 Å². The minimum absolute atomic E-state index is 0.0660. The van der Waals surface area contributed by atoms with Gasteiger partial charge in [-0.25, -0.2) is 0 Å². The van der Waals surface area contributed by atoms with Crippen LogP contribution in [0.3, 0.4) is 0 Å².